The van der Waals surface area contributed by atoms with E-state index in [1.54, 1.807) is 7.11 Å². The van der Waals surface area contributed by atoms with Crippen LogP contribution < -0.4 is 10.5 Å². The number of nitro groups is 1. The number of benzene rings is 1. The largest absolute Gasteiger partial charge is 0.496 e. The minimum Gasteiger partial charge on any atom is -0.496 e. The van der Waals surface area contributed by atoms with Gasteiger partial charge < -0.3 is 20.6 Å². The summed E-state index contributed by atoms with van der Waals surface area (Å²) in [7, 11) is 1.59. The molecular formula is C14H17ClN4O3. The maximum atomic E-state index is 10.8. The minimum absolute atomic E-state index is 0.0172. The molecule has 0 spiro atoms. The topological polar surface area (TPSA) is 96.2 Å². The van der Waals surface area contributed by atoms with E-state index in [1.807, 2.05) is 18.2 Å². The van der Waals surface area contributed by atoms with E-state index >= 15 is 0 Å². The molecule has 0 amide bonds. The zero-order valence-corrected chi connectivity index (χ0v) is 12.9. The molecule has 0 radical (unpaired) electrons. The molecule has 2 rings (SSSR count). The Kier molecular flexibility index (Phi) is 5.35. The van der Waals surface area contributed by atoms with E-state index in [2.05, 4.69) is 5.10 Å². The second-order valence-corrected chi connectivity index (χ2v) is 5.20. The minimum atomic E-state index is -0.605. The zero-order chi connectivity index (χ0) is 16.1. The van der Waals surface area contributed by atoms with Gasteiger partial charge in [-0.2, -0.15) is 4.68 Å². The molecule has 0 unspecified atom stereocenters. The molecular weight excluding hydrogens is 308 g/mol. The van der Waals surface area contributed by atoms with Gasteiger partial charge in [0.25, 0.3) is 0 Å². The van der Waals surface area contributed by atoms with Crippen LogP contribution in [0.5, 0.6) is 5.75 Å². The van der Waals surface area contributed by atoms with Gasteiger partial charge in [-0.1, -0.05) is 23.7 Å². The van der Waals surface area contributed by atoms with Crippen LogP contribution in [0.3, 0.4) is 0 Å². The summed E-state index contributed by atoms with van der Waals surface area (Å²) in [5, 5.41) is 14.6. The lowest BCUT2D eigenvalue weighted by Crippen LogP contribution is -2.04. The molecule has 0 fully saturated rings. The monoisotopic (exact) mass is 324 g/mol. The van der Waals surface area contributed by atoms with Gasteiger partial charge in [-0.05, 0) is 35.9 Å². The summed E-state index contributed by atoms with van der Waals surface area (Å²) in [6.07, 6.45) is 3.22. The lowest BCUT2D eigenvalue weighted by molar-refractivity contribution is -0.389. The molecule has 8 heteroatoms. The maximum absolute atomic E-state index is 10.8. The number of ether oxygens (including phenoxy) is 1. The van der Waals surface area contributed by atoms with Crippen LogP contribution >= 0.6 is 11.6 Å². The van der Waals surface area contributed by atoms with E-state index in [0.29, 0.717) is 18.8 Å². The molecule has 22 heavy (non-hydrogen) atoms. The molecule has 2 aromatic rings. The molecule has 1 aromatic carbocycles. The number of rotatable bonds is 7. The average molecular weight is 325 g/mol. The van der Waals surface area contributed by atoms with Crippen LogP contribution in [-0.4, -0.2) is 28.4 Å². The maximum Gasteiger partial charge on any atom is 0.408 e. The van der Waals surface area contributed by atoms with Crippen LogP contribution in [0.1, 0.15) is 17.5 Å². The van der Waals surface area contributed by atoms with Crippen molar-refractivity contribution in [3.05, 3.63) is 50.7 Å². The Morgan fingerprint density at radius 1 is 1.50 bits per heavy atom. The molecule has 0 saturated carbocycles. The van der Waals surface area contributed by atoms with Crippen molar-refractivity contribution in [3.63, 3.8) is 0 Å². The Morgan fingerprint density at radius 2 is 2.27 bits per heavy atom. The predicted molar refractivity (Wildman–Crippen MR) is 83.4 cm³/mol. The van der Waals surface area contributed by atoms with Gasteiger partial charge in [0.15, 0.2) is 5.02 Å². The summed E-state index contributed by atoms with van der Waals surface area (Å²) in [5.41, 5.74) is 7.51. The molecule has 7 nitrogen and oxygen atoms in total. The second-order valence-electron chi connectivity index (χ2n) is 4.79. The van der Waals surface area contributed by atoms with Crippen molar-refractivity contribution in [2.24, 2.45) is 5.73 Å². The number of hydrogen-bond donors (Lipinski definition) is 1. The fourth-order valence-corrected chi connectivity index (χ4v) is 2.37. The fourth-order valence-electron chi connectivity index (χ4n) is 2.15. The highest BCUT2D eigenvalue weighted by atomic mass is 35.5. The number of aryl methyl sites for hydroxylation is 1. The summed E-state index contributed by atoms with van der Waals surface area (Å²) in [6.45, 7) is 0.980. The quantitative estimate of drug-likeness (QED) is 0.623. The van der Waals surface area contributed by atoms with E-state index in [0.717, 1.165) is 24.0 Å². The standard InChI is InChI=1S/C14H17ClN4O3/c1-22-13-7-10(3-2-6-16)4-5-11(13)8-18-9-12(15)14(17-18)19(20)21/h4-5,7,9H,2-3,6,8,16H2,1H3. The van der Waals surface area contributed by atoms with E-state index in [9.17, 15) is 10.1 Å². The molecule has 1 heterocycles. The van der Waals surface area contributed by atoms with Crippen molar-refractivity contribution in [1.82, 2.24) is 9.78 Å². The van der Waals surface area contributed by atoms with Crippen molar-refractivity contribution in [2.45, 2.75) is 19.4 Å². The van der Waals surface area contributed by atoms with Gasteiger partial charge in [0.05, 0.1) is 25.0 Å². The van der Waals surface area contributed by atoms with E-state index in [-0.39, 0.29) is 10.8 Å². The van der Waals surface area contributed by atoms with Gasteiger partial charge in [0.2, 0.25) is 0 Å². The van der Waals surface area contributed by atoms with E-state index in [4.69, 9.17) is 22.1 Å². The number of halogens is 1. The molecule has 2 N–H and O–H groups in total. The first-order valence-electron chi connectivity index (χ1n) is 6.78. The van der Waals surface area contributed by atoms with Crippen molar-refractivity contribution in [1.29, 1.82) is 0 Å². The highest BCUT2D eigenvalue weighted by Crippen LogP contribution is 2.25. The lowest BCUT2D eigenvalue weighted by Gasteiger charge is -2.09. The Hall–Kier alpha value is -2.12. The normalized spacial score (nSPS) is 10.7. The SMILES string of the molecule is COc1cc(CCCN)ccc1Cn1cc(Cl)c([N+](=O)[O-])n1. The van der Waals surface area contributed by atoms with Gasteiger partial charge in [0.1, 0.15) is 5.75 Å². The Labute approximate surface area is 132 Å². The smallest absolute Gasteiger partial charge is 0.408 e. The van der Waals surface area contributed by atoms with Gasteiger partial charge in [-0.3, -0.25) is 0 Å². The second kappa shape index (κ2) is 7.24. The summed E-state index contributed by atoms with van der Waals surface area (Å²) >= 11 is 5.79. The van der Waals surface area contributed by atoms with Gasteiger partial charge >= 0.3 is 5.82 Å². The molecule has 118 valence electrons. The number of nitrogens with zero attached hydrogens (tertiary/aromatic N) is 3. The first kappa shape index (κ1) is 16.3. The molecule has 0 aliphatic heterocycles. The summed E-state index contributed by atoms with van der Waals surface area (Å²) in [6, 6.07) is 5.86. The van der Waals surface area contributed by atoms with Crippen LogP contribution in [0.15, 0.2) is 24.4 Å². The Morgan fingerprint density at radius 3 is 2.86 bits per heavy atom. The molecule has 0 atom stereocenters. The summed E-state index contributed by atoms with van der Waals surface area (Å²) < 4.78 is 6.81. The number of nitrogens with two attached hydrogens (primary N) is 1. The van der Waals surface area contributed by atoms with Crippen LogP contribution in [0.25, 0.3) is 0 Å². The fraction of sp³-hybridized carbons (Fsp3) is 0.357. The van der Waals surface area contributed by atoms with E-state index < -0.39 is 4.92 Å². The third-order valence-electron chi connectivity index (χ3n) is 3.23. The van der Waals surface area contributed by atoms with Gasteiger partial charge in [0, 0.05) is 5.56 Å². The van der Waals surface area contributed by atoms with Crippen LogP contribution in [0.4, 0.5) is 5.82 Å². The van der Waals surface area contributed by atoms with Crippen molar-refractivity contribution < 1.29 is 9.66 Å². The number of hydrogen-bond acceptors (Lipinski definition) is 5. The van der Waals surface area contributed by atoms with E-state index in [1.165, 1.54) is 10.9 Å². The highest BCUT2D eigenvalue weighted by molar-refractivity contribution is 6.32. The van der Waals surface area contributed by atoms with Crippen LogP contribution in [0, 0.1) is 10.1 Å². The summed E-state index contributed by atoms with van der Waals surface area (Å²) in [4.78, 5) is 10.2. The van der Waals surface area contributed by atoms with Crippen molar-refractivity contribution in [3.8, 4) is 5.75 Å². The molecule has 0 aliphatic rings. The molecule has 0 bridgehead atoms. The van der Waals surface area contributed by atoms with Gasteiger partial charge in [-0.25, -0.2) is 0 Å². The van der Waals surface area contributed by atoms with Crippen molar-refractivity contribution >= 4 is 17.4 Å². The first-order chi connectivity index (χ1) is 10.5. The third kappa shape index (κ3) is 3.75. The molecule has 0 aliphatic carbocycles. The predicted octanol–water partition coefficient (Wildman–Crippen LogP) is 2.39. The van der Waals surface area contributed by atoms with Gasteiger partial charge in [-0.15, -0.1) is 0 Å². The van der Waals surface area contributed by atoms with Crippen LogP contribution in [0.2, 0.25) is 5.02 Å². The number of methoxy groups -OCH3 is 1. The zero-order valence-electron chi connectivity index (χ0n) is 12.2. The average Bonchev–Trinajstić information content (AvgIpc) is 2.87. The lowest BCUT2D eigenvalue weighted by atomic mass is 10.1. The highest BCUT2D eigenvalue weighted by Gasteiger charge is 2.19. The van der Waals surface area contributed by atoms with Crippen LogP contribution in [-0.2, 0) is 13.0 Å². The summed E-state index contributed by atoms with van der Waals surface area (Å²) in [5.74, 6) is 0.365. The number of aromatic nitrogens is 2. The Balaban J connectivity index is 2.21. The Bertz CT molecular complexity index is 672. The van der Waals surface area contributed by atoms with Crippen molar-refractivity contribution in [2.75, 3.05) is 13.7 Å². The third-order valence-corrected chi connectivity index (χ3v) is 3.49. The first-order valence-corrected chi connectivity index (χ1v) is 7.16. The molecule has 0 saturated heterocycles. The molecule has 1 aromatic heterocycles.